The minimum Gasteiger partial charge on any atom is -0.481 e. The van der Waals surface area contributed by atoms with Crippen molar-refractivity contribution in [2.24, 2.45) is 0 Å². The highest BCUT2D eigenvalue weighted by Gasteiger charge is 2.23. The minimum absolute atomic E-state index is 0.0322. The smallest absolute Gasteiger partial charge is 0.317 e. The molecule has 0 unspecified atom stereocenters. The third-order valence-corrected chi connectivity index (χ3v) is 4.37. The first-order valence-corrected chi connectivity index (χ1v) is 7.53. The van der Waals surface area contributed by atoms with Crippen LogP contribution in [-0.4, -0.2) is 41.6 Å². The number of hydrogen-bond acceptors (Lipinski definition) is 3. The second-order valence-electron chi connectivity index (χ2n) is 5.24. The molecule has 5 nitrogen and oxygen atoms in total. The summed E-state index contributed by atoms with van der Waals surface area (Å²) in [4.78, 5) is 25.3. The number of carbonyl (C=O) groups excluding carboxylic acids is 1. The first kappa shape index (κ1) is 16.5. The highest BCUT2D eigenvalue weighted by Crippen LogP contribution is 2.26. The van der Waals surface area contributed by atoms with Crippen molar-refractivity contribution in [1.29, 1.82) is 0 Å². The number of aliphatic carboxylic acids is 1. The van der Waals surface area contributed by atoms with Gasteiger partial charge in [0.25, 0.3) is 0 Å². The van der Waals surface area contributed by atoms with Gasteiger partial charge in [-0.15, -0.1) is 11.3 Å². The number of nitrogens with one attached hydrogen (secondary N) is 1. The summed E-state index contributed by atoms with van der Waals surface area (Å²) in [5, 5.41) is 13.6. The number of thiophene rings is 1. The number of urea groups is 1. The number of nitrogens with zero attached hydrogens (tertiary/aromatic N) is 1. The van der Waals surface area contributed by atoms with E-state index in [9.17, 15) is 9.59 Å². The van der Waals surface area contributed by atoms with Crippen LogP contribution in [0.4, 0.5) is 4.79 Å². The lowest BCUT2D eigenvalue weighted by Crippen LogP contribution is -2.45. The summed E-state index contributed by atoms with van der Waals surface area (Å²) >= 11 is 1.67. The Hall–Kier alpha value is -1.56. The van der Waals surface area contributed by atoms with Crippen LogP contribution in [0.1, 0.15) is 32.1 Å². The van der Waals surface area contributed by atoms with E-state index in [4.69, 9.17) is 5.11 Å². The number of carboxylic acid groups (broad SMARTS) is 1. The van der Waals surface area contributed by atoms with E-state index in [2.05, 4.69) is 25.2 Å². The van der Waals surface area contributed by atoms with Crippen molar-refractivity contribution in [2.45, 2.75) is 32.6 Å². The van der Waals surface area contributed by atoms with E-state index in [1.165, 1.54) is 9.78 Å². The van der Waals surface area contributed by atoms with E-state index < -0.39 is 5.97 Å². The summed E-state index contributed by atoms with van der Waals surface area (Å²) in [6, 6.07) is 3.84. The normalized spacial score (nSPS) is 11.2. The van der Waals surface area contributed by atoms with Crippen molar-refractivity contribution in [3.8, 4) is 0 Å². The Morgan fingerprint density at radius 3 is 2.65 bits per heavy atom. The first-order chi connectivity index (χ1) is 9.36. The molecule has 112 valence electrons. The predicted octanol–water partition coefficient (Wildman–Crippen LogP) is 2.53. The van der Waals surface area contributed by atoms with Crippen LogP contribution in [0.3, 0.4) is 0 Å². The lowest BCUT2D eigenvalue weighted by Gasteiger charge is -2.27. The lowest BCUT2D eigenvalue weighted by atomic mass is 9.91. The summed E-state index contributed by atoms with van der Waals surface area (Å²) in [6.07, 6.45) is -0.0322. The minimum atomic E-state index is -0.893. The monoisotopic (exact) mass is 298 g/mol. The van der Waals surface area contributed by atoms with Gasteiger partial charge in [-0.2, -0.15) is 0 Å². The van der Waals surface area contributed by atoms with Crippen LogP contribution >= 0.6 is 11.3 Å². The molecule has 0 bridgehead atoms. The summed E-state index contributed by atoms with van der Waals surface area (Å²) in [7, 11) is 0. The molecule has 2 amide bonds. The molecule has 0 aliphatic rings. The Morgan fingerprint density at radius 2 is 2.15 bits per heavy atom. The number of hydrogen-bond donors (Lipinski definition) is 2. The Labute approximate surface area is 123 Å². The number of carbonyl (C=O) groups is 2. The first-order valence-electron chi connectivity index (χ1n) is 6.65. The zero-order valence-corrected chi connectivity index (χ0v) is 13.0. The third-order valence-electron chi connectivity index (χ3n) is 3.13. The SMILES string of the molecule is CCN(CCC(=O)O)C(=O)NCC(C)(C)c1cccs1. The number of carboxylic acids is 1. The van der Waals surface area contributed by atoms with Crippen molar-refractivity contribution < 1.29 is 14.7 Å². The van der Waals surface area contributed by atoms with Crippen LogP contribution in [0.25, 0.3) is 0 Å². The average molecular weight is 298 g/mol. The molecule has 0 saturated heterocycles. The van der Waals surface area contributed by atoms with E-state index in [1.807, 2.05) is 18.4 Å². The molecular weight excluding hydrogens is 276 g/mol. The van der Waals surface area contributed by atoms with Crippen LogP contribution in [0, 0.1) is 0 Å². The van der Waals surface area contributed by atoms with Gasteiger partial charge in [-0.25, -0.2) is 4.79 Å². The highest BCUT2D eigenvalue weighted by molar-refractivity contribution is 7.10. The molecule has 20 heavy (non-hydrogen) atoms. The molecule has 0 spiro atoms. The van der Waals surface area contributed by atoms with Crippen molar-refractivity contribution in [3.05, 3.63) is 22.4 Å². The largest absolute Gasteiger partial charge is 0.481 e. The summed E-state index contributed by atoms with van der Waals surface area (Å²) in [5.41, 5.74) is -0.129. The number of rotatable bonds is 7. The molecule has 2 N–H and O–H groups in total. The fourth-order valence-corrected chi connectivity index (χ4v) is 2.65. The zero-order valence-electron chi connectivity index (χ0n) is 12.2. The van der Waals surface area contributed by atoms with E-state index in [0.29, 0.717) is 13.1 Å². The second kappa shape index (κ2) is 7.28. The standard InChI is InChI=1S/C14H22N2O3S/c1-4-16(8-7-12(17)18)13(19)15-10-14(2,3)11-6-5-9-20-11/h5-6,9H,4,7-8,10H2,1-3H3,(H,15,19)(H,17,18). The Bertz CT molecular complexity index is 443. The van der Waals surface area contributed by atoms with Crippen molar-refractivity contribution in [1.82, 2.24) is 10.2 Å². The van der Waals surface area contributed by atoms with Crippen LogP contribution in [0.5, 0.6) is 0 Å². The Morgan fingerprint density at radius 1 is 1.45 bits per heavy atom. The quantitative estimate of drug-likeness (QED) is 0.812. The highest BCUT2D eigenvalue weighted by atomic mass is 32.1. The molecule has 0 aliphatic carbocycles. The average Bonchev–Trinajstić information content (AvgIpc) is 2.91. The van der Waals surface area contributed by atoms with E-state index in [0.717, 1.165) is 0 Å². The van der Waals surface area contributed by atoms with Gasteiger partial charge < -0.3 is 15.3 Å². The molecule has 0 fully saturated rings. The molecule has 0 saturated carbocycles. The Balaban J connectivity index is 2.50. The van der Waals surface area contributed by atoms with Gasteiger partial charge in [-0.05, 0) is 18.4 Å². The Kier molecular flexibility index (Phi) is 6.01. The van der Waals surface area contributed by atoms with Crippen LogP contribution in [-0.2, 0) is 10.2 Å². The molecule has 1 heterocycles. The molecular formula is C14H22N2O3S. The molecule has 0 aliphatic heterocycles. The van der Waals surface area contributed by atoms with Crippen LogP contribution < -0.4 is 5.32 Å². The molecule has 1 rings (SSSR count). The fraction of sp³-hybridized carbons (Fsp3) is 0.571. The lowest BCUT2D eigenvalue weighted by molar-refractivity contribution is -0.137. The van der Waals surface area contributed by atoms with Gasteiger partial charge in [0.2, 0.25) is 0 Å². The van der Waals surface area contributed by atoms with Gasteiger partial charge >= 0.3 is 12.0 Å². The van der Waals surface area contributed by atoms with Crippen molar-refractivity contribution in [2.75, 3.05) is 19.6 Å². The predicted molar refractivity (Wildman–Crippen MR) is 80.2 cm³/mol. The third kappa shape index (κ3) is 4.85. The molecule has 0 radical (unpaired) electrons. The van der Waals surface area contributed by atoms with Gasteiger partial charge in [0, 0.05) is 29.9 Å². The maximum Gasteiger partial charge on any atom is 0.317 e. The topological polar surface area (TPSA) is 69.6 Å². The van der Waals surface area contributed by atoms with Gasteiger partial charge in [0.05, 0.1) is 6.42 Å². The molecule has 1 aromatic heterocycles. The second-order valence-corrected chi connectivity index (χ2v) is 6.19. The van der Waals surface area contributed by atoms with E-state index in [1.54, 1.807) is 11.3 Å². The molecule has 0 atom stereocenters. The molecule has 1 aromatic rings. The maximum absolute atomic E-state index is 12.0. The summed E-state index contributed by atoms with van der Waals surface area (Å²) < 4.78 is 0. The van der Waals surface area contributed by atoms with Gasteiger partial charge in [0.1, 0.15) is 0 Å². The van der Waals surface area contributed by atoms with Crippen LogP contribution in [0.2, 0.25) is 0 Å². The van der Waals surface area contributed by atoms with Gasteiger partial charge in [-0.1, -0.05) is 19.9 Å². The zero-order chi connectivity index (χ0) is 15.2. The summed E-state index contributed by atoms with van der Waals surface area (Å²) in [6.45, 7) is 7.25. The molecule has 6 heteroatoms. The fourth-order valence-electron chi connectivity index (χ4n) is 1.79. The number of amides is 2. The molecule has 0 aromatic carbocycles. The van der Waals surface area contributed by atoms with Crippen molar-refractivity contribution in [3.63, 3.8) is 0 Å². The van der Waals surface area contributed by atoms with Crippen molar-refractivity contribution >= 4 is 23.3 Å². The van der Waals surface area contributed by atoms with Crippen LogP contribution in [0.15, 0.2) is 17.5 Å². The summed E-state index contributed by atoms with van der Waals surface area (Å²) in [5.74, 6) is -0.893. The van der Waals surface area contributed by atoms with Gasteiger partial charge in [0.15, 0.2) is 0 Å². The maximum atomic E-state index is 12.0. The van der Waals surface area contributed by atoms with E-state index >= 15 is 0 Å². The van der Waals surface area contributed by atoms with E-state index in [-0.39, 0.29) is 24.4 Å². The van der Waals surface area contributed by atoms with Gasteiger partial charge in [-0.3, -0.25) is 4.79 Å².